The van der Waals surface area contributed by atoms with Crippen LogP contribution in [0, 0.1) is 0 Å². The normalized spacial score (nSPS) is 14.1. The van der Waals surface area contributed by atoms with Gasteiger partial charge in [-0.3, -0.25) is 4.79 Å². The van der Waals surface area contributed by atoms with E-state index in [0.29, 0.717) is 24.6 Å². The summed E-state index contributed by atoms with van der Waals surface area (Å²) in [6.07, 6.45) is 4.72. The van der Waals surface area contributed by atoms with E-state index < -0.39 is 0 Å². The fourth-order valence-electron chi connectivity index (χ4n) is 2.46. The van der Waals surface area contributed by atoms with E-state index in [1.54, 1.807) is 6.20 Å². The molecular formula is C16H20N4O. The summed E-state index contributed by atoms with van der Waals surface area (Å²) in [4.78, 5) is 12.3. The Labute approximate surface area is 124 Å². The Morgan fingerprint density at radius 3 is 2.76 bits per heavy atom. The number of hydrogen-bond donors (Lipinski definition) is 2. The molecule has 3 N–H and O–H groups in total. The van der Waals surface area contributed by atoms with Crippen LogP contribution in [0.4, 0.5) is 0 Å². The molecule has 1 aromatic heterocycles. The molecule has 0 atom stereocenters. The second-order valence-electron chi connectivity index (χ2n) is 5.36. The number of aromatic nitrogens is 2. The molecule has 1 heterocycles. The van der Waals surface area contributed by atoms with Crippen LogP contribution in [-0.2, 0) is 0 Å². The number of nitrogens with zero attached hydrogens (tertiary/aromatic N) is 2. The Morgan fingerprint density at radius 2 is 2.10 bits per heavy atom. The molecule has 1 aliphatic rings. The lowest BCUT2D eigenvalue weighted by Crippen LogP contribution is -2.26. The number of nitrogens with one attached hydrogen (secondary N) is 1. The number of carbonyl (C=O) groups excluding carboxylic acids is 1. The molecule has 1 aliphatic carbocycles. The molecule has 5 heteroatoms. The third kappa shape index (κ3) is 2.97. The maximum atomic E-state index is 12.3. The van der Waals surface area contributed by atoms with Crippen molar-refractivity contribution in [2.75, 3.05) is 13.1 Å². The summed E-state index contributed by atoms with van der Waals surface area (Å²) in [5.41, 5.74) is 8.18. The third-order valence-electron chi connectivity index (χ3n) is 3.68. The number of hydrogen-bond acceptors (Lipinski definition) is 3. The van der Waals surface area contributed by atoms with Gasteiger partial charge in [0.15, 0.2) is 0 Å². The molecule has 1 fully saturated rings. The van der Waals surface area contributed by atoms with Crippen molar-refractivity contribution in [3.63, 3.8) is 0 Å². The molecule has 0 unspecified atom stereocenters. The van der Waals surface area contributed by atoms with Gasteiger partial charge in [0.1, 0.15) is 0 Å². The van der Waals surface area contributed by atoms with Gasteiger partial charge in [-0.15, -0.1) is 0 Å². The number of amides is 1. The Hall–Kier alpha value is -2.14. The monoisotopic (exact) mass is 284 g/mol. The highest BCUT2D eigenvalue weighted by Crippen LogP contribution is 2.42. The summed E-state index contributed by atoms with van der Waals surface area (Å²) in [5, 5.41) is 7.34. The van der Waals surface area contributed by atoms with Crippen molar-refractivity contribution in [2.45, 2.75) is 25.2 Å². The van der Waals surface area contributed by atoms with Crippen molar-refractivity contribution in [2.24, 2.45) is 5.73 Å². The van der Waals surface area contributed by atoms with Crippen molar-refractivity contribution in [3.8, 4) is 5.69 Å². The fraction of sp³-hybridized carbons (Fsp3) is 0.375. The van der Waals surface area contributed by atoms with Gasteiger partial charge in [0.25, 0.3) is 5.91 Å². The van der Waals surface area contributed by atoms with Gasteiger partial charge >= 0.3 is 0 Å². The van der Waals surface area contributed by atoms with E-state index in [-0.39, 0.29) is 5.91 Å². The molecule has 1 aromatic carbocycles. The predicted octanol–water partition coefficient (Wildman–Crippen LogP) is 1.83. The van der Waals surface area contributed by atoms with E-state index >= 15 is 0 Å². The third-order valence-corrected chi connectivity index (χ3v) is 3.68. The zero-order chi connectivity index (χ0) is 14.7. The molecule has 1 saturated carbocycles. The van der Waals surface area contributed by atoms with Crippen molar-refractivity contribution >= 4 is 5.91 Å². The minimum atomic E-state index is -0.0486. The van der Waals surface area contributed by atoms with Crippen LogP contribution in [0.15, 0.2) is 36.5 Å². The molecule has 0 aliphatic heterocycles. The first-order valence-corrected chi connectivity index (χ1v) is 7.43. The van der Waals surface area contributed by atoms with Gasteiger partial charge in [0, 0.05) is 12.5 Å². The average molecular weight is 284 g/mol. The molecule has 0 spiro atoms. The molecular weight excluding hydrogens is 264 g/mol. The summed E-state index contributed by atoms with van der Waals surface area (Å²) in [5.74, 6) is 0.399. The van der Waals surface area contributed by atoms with E-state index in [4.69, 9.17) is 5.73 Å². The topological polar surface area (TPSA) is 72.9 Å². The summed E-state index contributed by atoms with van der Waals surface area (Å²) in [7, 11) is 0. The van der Waals surface area contributed by atoms with Crippen LogP contribution in [0.2, 0.25) is 0 Å². The molecule has 5 nitrogen and oxygen atoms in total. The van der Waals surface area contributed by atoms with Gasteiger partial charge in [-0.2, -0.15) is 5.10 Å². The van der Waals surface area contributed by atoms with Gasteiger partial charge in [-0.05, 0) is 37.9 Å². The highest BCUT2D eigenvalue weighted by molar-refractivity contribution is 5.95. The summed E-state index contributed by atoms with van der Waals surface area (Å²) < 4.78 is 1.90. The van der Waals surface area contributed by atoms with E-state index in [9.17, 15) is 4.79 Å². The van der Waals surface area contributed by atoms with E-state index in [0.717, 1.165) is 30.6 Å². The maximum Gasteiger partial charge on any atom is 0.254 e. The molecule has 21 heavy (non-hydrogen) atoms. The Morgan fingerprint density at radius 1 is 1.33 bits per heavy atom. The lowest BCUT2D eigenvalue weighted by molar-refractivity contribution is 0.0952. The van der Waals surface area contributed by atoms with Crippen LogP contribution in [0.25, 0.3) is 5.69 Å². The van der Waals surface area contributed by atoms with Crippen LogP contribution < -0.4 is 11.1 Å². The van der Waals surface area contributed by atoms with Gasteiger partial charge in [0.2, 0.25) is 0 Å². The number of rotatable bonds is 6. The lowest BCUT2D eigenvalue weighted by Gasteiger charge is -2.09. The average Bonchev–Trinajstić information content (AvgIpc) is 3.26. The Balaban J connectivity index is 1.88. The number of benzene rings is 1. The van der Waals surface area contributed by atoms with Gasteiger partial charge in [0.05, 0.1) is 23.1 Å². The molecule has 0 bridgehead atoms. The SMILES string of the molecule is NCCCNC(=O)c1cnn(-c2ccccc2)c1C1CC1. The highest BCUT2D eigenvalue weighted by atomic mass is 16.1. The number of nitrogens with two attached hydrogens (primary N) is 1. The van der Waals surface area contributed by atoms with Crippen LogP contribution in [0.3, 0.4) is 0 Å². The van der Waals surface area contributed by atoms with Gasteiger partial charge in [-0.25, -0.2) is 4.68 Å². The Bertz CT molecular complexity index is 616. The van der Waals surface area contributed by atoms with Crippen molar-refractivity contribution in [1.29, 1.82) is 0 Å². The zero-order valence-electron chi connectivity index (χ0n) is 12.0. The smallest absolute Gasteiger partial charge is 0.254 e. The minimum Gasteiger partial charge on any atom is -0.352 e. The lowest BCUT2D eigenvalue weighted by atomic mass is 10.1. The first kappa shape index (κ1) is 13.8. The van der Waals surface area contributed by atoms with Gasteiger partial charge < -0.3 is 11.1 Å². The van der Waals surface area contributed by atoms with E-state index in [2.05, 4.69) is 10.4 Å². The van der Waals surface area contributed by atoms with E-state index in [1.807, 2.05) is 35.0 Å². The molecule has 0 radical (unpaired) electrons. The minimum absolute atomic E-state index is 0.0486. The van der Waals surface area contributed by atoms with Crippen LogP contribution in [0.5, 0.6) is 0 Å². The number of carbonyl (C=O) groups is 1. The first-order chi connectivity index (χ1) is 10.3. The summed E-state index contributed by atoms with van der Waals surface area (Å²) >= 11 is 0. The Kier molecular flexibility index (Phi) is 4.01. The molecule has 0 saturated heterocycles. The van der Waals surface area contributed by atoms with Crippen LogP contribution in [-0.4, -0.2) is 28.8 Å². The molecule has 110 valence electrons. The molecule has 1 amide bonds. The highest BCUT2D eigenvalue weighted by Gasteiger charge is 2.32. The maximum absolute atomic E-state index is 12.3. The van der Waals surface area contributed by atoms with Crippen molar-refractivity contribution in [1.82, 2.24) is 15.1 Å². The number of para-hydroxylation sites is 1. The largest absolute Gasteiger partial charge is 0.352 e. The molecule has 3 rings (SSSR count). The first-order valence-electron chi connectivity index (χ1n) is 7.43. The summed E-state index contributed by atoms with van der Waals surface area (Å²) in [6, 6.07) is 9.96. The van der Waals surface area contributed by atoms with Crippen LogP contribution >= 0.6 is 0 Å². The van der Waals surface area contributed by atoms with Crippen molar-refractivity contribution in [3.05, 3.63) is 47.8 Å². The predicted molar refractivity (Wildman–Crippen MR) is 81.5 cm³/mol. The van der Waals surface area contributed by atoms with Gasteiger partial charge in [-0.1, -0.05) is 18.2 Å². The fourth-order valence-corrected chi connectivity index (χ4v) is 2.46. The quantitative estimate of drug-likeness (QED) is 0.795. The van der Waals surface area contributed by atoms with Crippen LogP contribution in [0.1, 0.15) is 41.2 Å². The second-order valence-corrected chi connectivity index (χ2v) is 5.36. The summed E-state index contributed by atoms with van der Waals surface area (Å²) in [6.45, 7) is 1.19. The molecule has 2 aromatic rings. The standard InChI is InChI=1S/C16H20N4O/c17-9-4-10-18-16(21)14-11-19-20(15(14)12-7-8-12)13-5-2-1-3-6-13/h1-3,5-6,11-12H,4,7-10,17H2,(H,18,21). The zero-order valence-corrected chi connectivity index (χ0v) is 12.0. The van der Waals surface area contributed by atoms with Crippen molar-refractivity contribution < 1.29 is 4.79 Å². The second kappa shape index (κ2) is 6.10. The van der Waals surface area contributed by atoms with E-state index in [1.165, 1.54) is 0 Å².